The van der Waals surface area contributed by atoms with Crippen LogP contribution in [0.15, 0.2) is 54.6 Å². The Morgan fingerprint density at radius 2 is 1.97 bits per heavy atom. The van der Waals surface area contributed by atoms with E-state index in [2.05, 4.69) is 18.0 Å². The summed E-state index contributed by atoms with van der Waals surface area (Å²) < 4.78 is 0. The Morgan fingerprint density at radius 3 is 2.62 bits per heavy atom. The maximum absolute atomic E-state index is 12.4. The van der Waals surface area contributed by atoms with Crippen molar-refractivity contribution >= 4 is 28.5 Å². The van der Waals surface area contributed by atoms with E-state index in [4.69, 9.17) is 4.98 Å². The van der Waals surface area contributed by atoms with Crippen molar-refractivity contribution in [3.8, 4) is 16.5 Å². The lowest BCUT2D eigenvalue weighted by atomic mass is 10.00. The van der Waals surface area contributed by atoms with E-state index >= 15 is 0 Å². The molecule has 5 heteroatoms. The molecular weight excluding hydrogens is 378 g/mol. The maximum atomic E-state index is 12.4. The highest BCUT2D eigenvalue weighted by Gasteiger charge is 2.25. The molecule has 1 aromatic heterocycles. The smallest absolute Gasteiger partial charge is 0.255 e. The number of nitriles is 1. The molecule has 0 saturated heterocycles. The van der Waals surface area contributed by atoms with Crippen LogP contribution in [0, 0.1) is 11.3 Å². The van der Waals surface area contributed by atoms with Crippen LogP contribution in [-0.4, -0.2) is 10.9 Å². The number of carbonyl (C=O) groups excluding carboxylic acids is 1. The van der Waals surface area contributed by atoms with Crippen molar-refractivity contribution in [3.63, 3.8) is 0 Å². The molecule has 1 amide bonds. The molecule has 1 heterocycles. The van der Waals surface area contributed by atoms with Gasteiger partial charge in [0.05, 0.1) is 16.1 Å². The van der Waals surface area contributed by atoms with Gasteiger partial charge in [0, 0.05) is 17.2 Å². The summed E-state index contributed by atoms with van der Waals surface area (Å²) in [5, 5.41) is 12.9. The molecular formula is C24H23N3OS. The quantitative estimate of drug-likeness (QED) is 0.605. The fourth-order valence-electron chi connectivity index (χ4n) is 3.88. The van der Waals surface area contributed by atoms with E-state index < -0.39 is 0 Å². The molecule has 0 bridgehead atoms. The summed E-state index contributed by atoms with van der Waals surface area (Å²) in [6.45, 7) is 3.84. The van der Waals surface area contributed by atoms with Gasteiger partial charge >= 0.3 is 0 Å². The summed E-state index contributed by atoms with van der Waals surface area (Å²) in [6, 6.07) is 10.0. The zero-order valence-corrected chi connectivity index (χ0v) is 17.1. The molecule has 4 nitrogen and oxygen atoms in total. The van der Waals surface area contributed by atoms with E-state index in [1.165, 1.54) is 24.2 Å². The monoisotopic (exact) mass is 401 g/mol. The Balaban J connectivity index is 1.58. The third-order valence-electron chi connectivity index (χ3n) is 5.45. The molecule has 0 unspecified atom stereocenters. The van der Waals surface area contributed by atoms with Gasteiger partial charge in [-0.05, 0) is 43.4 Å². The van der Waals surface area contributed by atoms with E-state index in [-0.39, 0.29) is 5.91 Å². The van der Waals surface area contributed by atoms with Crippen molar-refractivity contribution in [1.29, 1.82) is 5.26 Å². The number of thiazole rings is 1. The van der Waals surface area contributed by atoms with Crippen LogP contribution in [0.25, 0.3) is 16.0 Å². The Kier molecular flexibility index (Phi) is 5.73. The molecule has 1 N–H and O–H groups in total. The molecule has 2 aliphatic rings. The SMILES string of the molecule is C=C(C#N)c1nc(C2CCCC2)c(-c2ccc(NC(=O)C3=CCCC=C3)cc2)s1. The highest BCUT2D eigenvalue weighted by atomic mass is 32.1. The minimum Gasteiger partial charge on any atom is -0.322 e. The number of nitrogens with one attached hydrogen (secondary N) is 1. The molecule has 29 heavy (non-hydrogen) atoms. The summed E-state index contributed by atoms with van der Waals surface area (Å²) in [4.78, 5) is 18.3. The van der Waals surface area contributed by atoms with Crippen LogP contribution in [0.1, 0.15) is 55.1 Å². The number of aromatic nitrogens is 1. The highest BCUT2D eigenvalue weighted by Crippen LogP contribution is 2.42. The second-order valence-corrected chi connectivity index (χ2v) is 8.47. The molecule has 0 atom stereocenters. The van der Waals surface area contributed by atoms with Crippen molar-refractivity contribution in [2.45, 2.75) is 44.4 Å². The van der Waals surface area contributed by atoms with E-state index in [0.29, 0.717) is 22.1 Å². The predicted molar refractivity (Wildman–Crippen MR) is 118 cm³/mol. The minimum absolute atomic E-state index is 0.0780. The Bertz CT molecular complexity index is 1030. The first kappa shape index (κ1) is 19.4. The number of benzene rings is 1. The number of hydrogen-bond acceptors (Lipinski definition) is 4. The Hall–Kier alpha value is -2.97. The van der Waals surface area contributed by atoms with Crippen LogP contribution in [0.5, 0.6) is 0 Å². The number of amides is 1. The van der Waals surface area contributed by atoms with Gasteiger partial charge in [-0.15, -0.1) is 11.3 Å². The third kappa shape index (κ3) is 4.23. The molecule has 0 aliphatic heterocycles. The number of hydrogen-bond donors (Lipinski definition) is 1. The molecule has 1 aromatic carbocycles. The summed E-state index contributed by atoms with van der Waals surface area (Å²) in [6.07, 6.45) is 12.5. The lowest BCUT2D eigenvalue weighted by Crippen LogP contribution is -2.14. The maximum Gasteiger partial charge on any atom is 0.255 e. The summed E-state index contributed by atoms with van der Waals surface area (Å²) in [5.41, 5.74) is 4.06. The van der Waals surface area contributed by atoms with Crippen molar-refractivity contribution in [2.75, 3.05) is 5.32 Å². The topological polar surface area (TPSA) is 65.8 Å². The molecule has 0 spiro atoms. The summed E-state index contributed by atoms with van der Waals surface area (Å²) >= 11 is 1.54. The average Bonchev–Trinajstić information content (AvgIpc) is 3.44. The fraction of sp³-hybridized carbons (Fsp3) is 0.292. The number of nitrogens with zero attached hydrogens (tertiary/aromatic N) is 2. The molecule has 1 saturated carbocycles. The van der Waals surface area contributed by atoms with E-state index in [1.54, 1.807) is 0 Å². The number of rotatable bonds is 5. The standard InChI is InChI=1S/C24H23N3OS/c1-16(15-25)24-27-21(17-7-5-6-8-17)22(29-24)18-11-13-20(14-12-18)26-23(28)19-9-3-2-4-10-19/h3,9-14,17H,1-2,4-8H2,(H,26,28). The largest absolute Gasteiger partial charge is 0.322 e. The number of carbonyl (C=O) groups is 1. The molecule has 2 aliphatic carbocycles. The van der Waals surface area contributed by atoms with Gasteiger partial charge in [-0.1, -0.05) is 49.8 Å². The summed E-state index contributed by atoms with van der Waals surface area (Å²) in [7, 11) is 0. The van der Waals surface area contributed by atoms with Gasteiger partial charge < -0.3 is 5.32 Å². The van der Waals surface area contributed by atoms with Gasteiger partial charge in [-0.3, -0.25) is 4.79 Å². The van der Waals surface area contributed by atoms with Crippen LogP contribution < -0.4 is 5.32 Å². The fourth-order valence-corrected chi connectivity index (χ4v) is 4.96. The molecule has 0 radical (unpaired) electrons. The second-order valence-electron chi connectivity index (χ2n) is 7.48. The predicted octanol–water partition coefficient (Wildman–Crippen LogP) is 6.22. The van der Waals surface area contributed by atoms with Crippen LogP contribution in [0.3, 0.4) is 0 Å². The molecule has 2 aromatic rings. The van der Waals surface area contributed by atoms with E-state index in [9.17, 15) is 10.1 Å². The normalized spacial score (nSPS) is 16.3. The average molecular weight is 402 g/mol. The number of anilines is 1. The highest BCUT2D eigenvalue weighted by molar-refractivity contribution is 7.16. The van der Waals surface area contributed by atoms with Crippen molar-refractivity contribution < 1.29 is 4.79 Å². The van der Waals surface area contributed by atoms with Gasteiger partial charge in [0.1, 0.15) is 11.1 Å². The van der Waals surface area contributed by atoms with Crippen LogP contribution in [0.2, 0.25) is 0 Å². The van der Waals surface area contributed by atoms with Gasteiger partial charge in [0.15, 0.2) is 0 Å². The molecule has 1 fully saturated rings. The minimum atomic E-state index is -0.0780. The third-order valence-corrected chi connectivity index (χ3v) is 6.63. The number of allylic oxidation sites excluding steroid dienone is 3. The Morgan fingerprint density at radius 1 is 1.21 bits per heavy atom. The van der Waals surface area contributed by atoms with Crippen molar-refractivity contribution in [1.82, 2.24) is 4.98 Å². The van der Waals surface area contributed by atoms with Crippen LogP contribution >= 0.6 is 11.3 Å². The van der Waals surface area contributed by atoms with Crippen LogP contribution in [-0.2, 0) is 4.79 Å². The van der Waals surface area contributed by atoms with E-state index in [1.807, 2.05) is 42.5 Å². The zero-order valence-electron chi connectivity index (χ0n) is 16.3. The van der Waals surface area contributed by atoms with Gasteiger partial charge in [0.25, 0.3) is 5.91 Å². The first-order valence-corrected chi connectivity index (χ1v) is 10.9. The van der Waals surface area contributed by atoms with E-state index in [0.717, 1.165) is 47.5 Å². The molecule has 146 valence electrons. The van der Waals surface area contributed by atoms with Crippen molar-refractivity contribution in [3.05, 3.63) is 65.3 Å². The van der Waals surface area contributed by atoms with Gasteiger partial charge in [0.2, 0.25) is 0 Å². The van der Waals surface area contributed by atoms with Crippen molar-refractivity contribution in [2.24, 2.45) is 0 Å². The van der Waals surface area contributed by atoms with Gasteiger partial charge in [-0.25, -0.2) is 4.98 Å². The van der Waals surface area contributed by atoms with Gasteiger partial charge in [-0.2, -0.15) is 5.26 Å². The lowest BCUT2D eigenvalue weighted by molar-refractivity contribution is -0.112. The molecule has 4 rings (SSSR count). The van der Waals surface area contributed by atoms with Crippen LogP contribution in [0.4, 0.5) is 5.69 Å². The summed E-state index contributed by atoms with van der Waals surface area (Å²) in [5.74, 6) is 0.372. The first-order valence-electron chi connectivity index (χ1n) is 10.0. The lowest BCUT2D eigenvalue weighted by Gasteiger charge is -2.11. The zero-order chi connectivity index (χ0) is 20.2. The first-order chi connectivity index (χ1) is 14.2. The Labute approximate surface area is 175 Å². The second kappa shape index (κ2) is 8.59.